The molecule has 9 nitrogen and oxygen atoms in total. The van der Waals surface area contributed by atoms with E-state index < -0.39 is 0 Å². The molecular formula is C121H95N9. The molecular weight excluding hydrogens is 1580 g/mol. The number of aryl methyl sites for hydroxylation is 2. The Hall–Kier alpha value is -16.2. The van der Waals surface area contributed by atoms with E-state index in [-0.39, 0.29) is 10.8 Å². The van der Waals surface area contributed by atoms with Crippen LogP contribution < -0.4 is 0 Å². The van der Waals surface area contributed by atoms with Crippen LogP contribution in [0, 0.1) is 13.8 Å². The fraction of sp³-hybridized carbons (Fsp3) is 0.0826. The molecule has 0 amide bonds. The van der Waals surface area contributed by atoms with Crippen LogP contribution in [0.1, 0.15) is 63.8 Å². The molecule has 0 fully saturated rings. The fourth-order valence-electron chi connectivity index (χ4n) is 17.1. The number of benzene rings is 15. The van der Waals surface area contributed by atoms with Gasteiger partial charge in [0.05, 0.1) is 78.7 Å². The van der Waals surface area contributed by atoms with Crippen LogP contribution in [-0.2, 0) is 10.8 Å². The lowest BCUT2D eigenvalue weighted by Gasteiger charge is -2.26. The van der Waals surface area contributed by atoms with Crippen LogP contribution in [0.15, 0.2) is 431 Å². The molecule has 130 heavy (non-hydrogen) atoms. The van der Waals surface area contributed by atoms with E-state index in [4.69, 9.17) is 29.9 Å². The van der Waals surface area contributed by atoms with Crippen LogP contribution in [0.4, 0.5) is 0 Å². The first-order chi connectivity index (χ1) is 63.6. The summed E-state index contributed by atoms with van der Waals surface area (Å²) in [5, 5.41) is 0. The molecule has 0 N–H and O–H groups in total. The van der Waals surface area contributed by atoms with Crippen LogP contribution in [0.25, 0.3) is 201 Å². The lowest BCUT2D eigenvalue weighted by molar-refractivity contribution is 0.592. The number of fused-ring (bicyclic) bond motifs is 3. The standard InChI is InChI=1S/2C41H33N3.C39H29N3/c1-41(2,3)34-27-33(28-15-7-4-8-16-28)39-40(36(34)30-17-9-5-10-18-30)44-38(37(43-39)31-19-11-6-12-20-31)32-24-22-29(23-25-32)35-21-13-14-26-42-35;1-41(2,3)35-27-34(30-13-7-4-8-14-30)39-40(36(35)31-15-9-5-10-16-31)44-38(37(43-39)32-17-11-6-12-18-32)33-21-19-28(20-22-33)29-23-25-42-26-24-29;1-26-11-15-28(16-12-26)33-24-36-37(25-34(33)29-17-13-27(2)14-18-29)42-39(38(41-36)31-8-4-3-5-9-31)32-21-19-30(20-22-32)35-10-6-7-23-40-35/h2*4-27H,1-3H3;3-25H,1-2H3. The summed E-state index contributed by atoms with van der Waals surface area (Å²) in [6.07, 6.45) is 7.30. The second kappa shape index (κ2) is 36.8. The first-order valence-corrected chi connectivity index (χ1v) is 44.3. The molecule has 6 heterocycles. The predicted molar refractivity (Wildman–Crippen MR) is 540 cm³/mol. The Morgan fingerprint density at radius 2 is 0.431 bits per heavy atom. The molecule has 0 aliphatic carbocycles. The van der Waals surface area contributed by atoms with Crippen LogP contribution in [0.2, 0.25) is 0 Å². The summed E-state index contributed by atoms with van der Waals surface area (Å²) in [6, 6.07) is 142. The van der Waals surface area contributed by atoms with Gasteiger partial charge < -0.3 is 0 Å². The van der Waals surface area contributed by atoms with Crippen molar-refractivity contribution in [2.45, 2.75) is 66.2 Å². The highest BCUT2D eigenvalue weighted by Gasteiger charge is 2.30. The number of rotatable bonds is 15. The van der Waals surface area contributed by atoms with Crippen molar-refractivity contribution in [2.24, 2.45) is 0 Å². The molecule has 0 atom stereocenters. The van der Waals surface area contributed by atoms with Gasteiger partial charge in [-0.1, -0.05) is 398 Å². The van der Waals surface area contributed by atoms with Gasteiger partial charge in [0.25, 0.3) is 0 Å². The lowest BCUT2D eigenvalue weighted by Crippen LogP contribution is -2.14. The molecule has 21 aromatic rings. The Morgan fingerprint density at radius 1 is 0.185 bits per heavy atom. The summed E-state index contributed by atoms with van der Waals surface area (Å²) in [5.41, 5.74) is 41.3. The Balaban J connectivity index is 0.000000126. The zero-order valence-electron chi connectivity index (χ0n) is 74.0. The summed E-state index contributed by atoms with van der Waals surface area (Å²) in [4.78, 5) is 46.0. The third-order valence-electron chi connectivity index (χ3n) is 23.9. The van der Waals surface area contributed by atoms with Crippen molar-refractivity contribution in [1.29, 1.82) is 0 Å². The minimum atomic E-state index is -0.132. The van der Waals surface area contributed by atoms with Crippen molar-refractivity contribution >= 4 is 33.1 Å². The maximum absolute atomic E-state index is 5.59. The van der Waals surface area contributed by atoms with E-state index >= 15 is 0 Å². The summed E-state index contributed by atoms with van der Waals surface area (Å²) in [7, 11) is 0. The van der Waals surface area contributed by atoms with Crippen LogP contribution in [-0.4, -0.2) is 44.9 Å². The average Bonchev–Trinajstić information content (AvgIpc) is 0.733. The van der Waals surface area contributed by atoms with Crippen molar-refractivity contribution in [3.8, 4) is 168 Å². The van der Waals surface area contributed by atoms with E-state index in [0.717, 1.165) is 201 Å². The first kappa shape index (κ1) is 83.3. The van der Waals surface area contributed by atoms with Crippen LogP contribution >= 0.6 is 0 Å². The van der Waals surface area contributed by atoms with E-state index in [0.29, 0.717) is 0 Å². The molecule has 0 unspecified atom stereocenters. The third kappa shape index (κ3) is 17.8. The largest absolute Gasteiger partial charge is 0.265 e. The molecule has 21 rings (SSSR count). The summed E-state index contributed by atoms with van der Waals surface area (Å²) in [5.74, 6) is 0. The van der Waals surface area contributed by atoms with Crippen molar-refractivity contribution in [3.05, 3.63) is 453 Å². The molecule has 0 aliphatic heterocycles. The molecule has 0 saturated heterocycles. The Bertz CT molecular complexity index is 7230. The van der Waals surface area contributed by atoms with E-state index in [1.54, 1.807) is 0 Å². The zero-order valence-corrected chi connectivity index (χ0v) is 74.0. The van der Waals surface area contributed by atoms with Gasteiger partial charge in [-0.3, -0.25) is 15.0 Å². The maximum Gasteiger partial charge on any atom is 0.0982 e. The summed E-state index contributed by atoms with van der Waals surface area (Å²) in [6.45, 7) is 17.9. The molecule has 15 aromatic carbocycles. The molecule has 6 aromatic heterocycles. The third-order valence-corrected chi connectivity index (χ3v) is 23.9. The van der Waals surface area contributed by atoms with Crippen molar-refractivity contribution in [1.82, 2.24) is 44.9 Å². The molecule has 0 spiro atoms. The highest BCUT2D eigenvalue weighted by Crippen LogP contribution is 2.48. The minimum absolute atomic E-state index is 0.130. The average molecular weight is 1680 g/mol. The second-order valence-corrected chi connectivity index (χ2v) is 34.9. The van der Waals surface area contributed by atoms with Gasteiger partial charge in [0, 0.05) is 91.5 Å². The van der Waals surface area contributed by atoms with Gasteiger partial charge in [-0.15, -0.1) is 0 Å². The number of hydrogen-bond acceptors (Lipinski definition) is 9. The minimum Gasteiger partial charge on any atom is -0.265 e. The number of pyridine rings is 3. The van der Waals surface area contributed by atoms with E-state index in [9.17, 15) is 0 Å². The van der Waals surface area contributed by atoms with Crippen LogP contribution in [0.3, 0.4) is 0 Å². The van der Waals surface area contributed by atoms with Crippen molar-refractivity contribution in [2.75, 3.05) is 0 Å². The quantitative estimate of drug-likeness (QED) is 0.0989. The van der Waals surface area contributed by atoms with Gasteiger partial charge in [0.1, 0.15) is 0 Å². The summed E-state index contributed by atoms with van der Waals surface area (Å²) >= 11 is 0. The van der Waals surface area contributed by atoms with Crippen LogP contribution in [0.5, 0.6) is 0 Å². The molecule has 0 radical (unpaired) electrons. The van der Waals surface area contributed by atoms with E-state index in [2.05, 4.69) is 398 Å². The molecule has 9 heteroatoms. The monoisotopic (exact) mass is 1670 g/mol. The first-order valence-electron chi connectivity index (χ1n) is 44.3. The zero-order chi connectivity index (χ0) is 88.7. The number of aromatic nitrogens is 9. The maximum atomic E-state index is 5.59. The highest BCUT2D eigenvalue weighted by molar-refractivity contribution is 6.07. The van der Waals surface area contributed by atoms with E-state index in [1.807, 2.05) is 104 Å². The Morgan fingerprint density at radius 3 is 0.738 bits per heavy atom. The Kier molecular flexibility index (Phi) is 23.6. The topological polar surface area (TPSA) is 116 Å². The van der Waals surface area contributed by atoms with E-state index in [1.165, 1.54) is 22.3 Å². The molecule has 0 bridgehead atoms. The van der Waals surface area contributed by atoms with Gasteiger partial charge >= 0.3 is 0 Å². The van der Waals surface area contributed by atoms with Crippen molar-refractivity contribution in [3.63, 3.8) is 0 Å². The number of nitrogens with zero attached hydrogens (tertiary/aromatic N) is 9. The molecule has 0 aliphatic rings. The Labute approximate surface area is 760 Å². The summed E-state index contributed by atoms with van der Waals surface area (Å²) < 4.78 is 0. The smallest absolute Gasteiger partial charge is 0.0982 e. The molecule has 624 valence electrons. The second-order valence-electron chi connectivity index (χ2n) is 34.9. The van der Waals surface area contributed by atoms with Gasteiger partial charge in [-0.2, -0.15) is 0 Å². The predicted octanol–water partition coefficient (Wildman–Crippen LogP) is 31.3. The molecule has 0 saturated carbocycles. The fourth-order valence-corrected chi connectivity index (χ4v) is 17.1. The van der Waals surface area contributed by atoms with Gasteiger partial charge in [-0.25, -0.2) is 29.9 Å². The normalized spacial score (nSPS) is 11.4. The van der Waals surface area contributed by atoms with Crippen molar-refractivity contribution < 1.29 is 0 Å². The van der Waals surface area contributed by atoms with Gasteiger partial charge in [0.15, 0.2) is 0 Å². The highest BCUT2D eigenvalue weighted by atomic mass is 14.9. The van der Waals surface area contributed by atoms with Gasteiger partial charge in [-0.05, 0) is 152 Å². The number of hydrogen-bond donors (Lipinski definition) is 0. The lowest BCUT2D eigenvalue weighted by atomic mass is 9.79. The van der Waals surface area contributed by atoms with Gasteiger partial charge in [0.2, 0.25) is 0 Å². The SMILES string of the molecule is CC(C)(C)c1cc(-c2ccccc2)c2nc(-c3ccccc3)c(-c3ccc(-c4ccccn4)cc3)nc2c1-c1ccccc1.CC(C)(C)c1cc(-c2ccccc2)c2nc(-c3ccccc3)c(-c3ccc(-c4ccncc4)cc3)nc2c1-c1ccccc1.Cc1ccc(-c2cc3nc(-c4ccccc4)c(-c4ccc(-c5ccccn5)cc4)nc3cc2-c2ccc(C)cc2)cc1.